The van der Waals surface area contributed by atoms with Gasteiger partial charge in [0.25, 0.3) is 5.91 Å². The quantitative estimate of drug-likeness (QED) is 0.757. The van der Waals surface area contributed by atoms with Gasteiger partial charge in [-0.3, -0.25) is 4.79 Å². The smallest absolute Gasteiger partial charge is 0.250 e. The van der Waals surface area contributed by atoms with Crippen molar-refractivity contribution >= 4 is 23.2 Å². The molecule has 0 aromatic heterocycles. The van der Waals surface area contributed by atoms with Crippen molar-refractivity contribution in [3.63, 3.8) is 0 Å². The maximum atomic E-state index is 11.3. The van der Waals surface area contributed by atoms with Gasteiger partial charge in [0.15, 0.2) is 0 Å². The normalized spacial score (nSPS) is 19.5. The largest absolute Gasteiger partial charge is 0.383 e. The van der Waals surface area contributed by atoms with Crippen LogP contribution < -0.4 is 16.4 Å². The highest BCUT2D eigenvalue weighted by molar-refractivity contribution is 6.31. The van der Waals surface area contributed by atoms with Crippen LogP contribution in [0.3, 0.4) is 0 Å². The Balaban J connectivity index is 2.01. The Hall–Kier alpha value is -1.30. The van der Waals surface area contributed by atoms with Gasteiger partial charge < -0.3 is 21.1 Å². The first-order valence-electron chi connectivity index (χ1n) is 5.81. The first-order chi connectivity index (χ1) is 8.66. The van der Waals surface area contributed by atoms with E-state index in [1.54, 1.807) is 18.2 Å². The summed E-state index contributed by atoms with van der Waals surface area (Å²) in [5, 5.41) is 7.00. The number of primary amides is 1. The third kappa shape index (κ3) is 3.35. The topological polar surface area (TPSA) is 76.4 Å². The number of amides is 1. The van der Waals surface area contributed by atoms with Crippen LogP contribution in [0, 0.1) is 0 Å². The second-order valence-corrected chi connectivity index (χ2v) is 4.60. The van der Waals surface area contributed by atoms with E-state index in [9.17, 15) is 4.79 Å². The Morgan fingerprint density at radius 3 is 3.11 bits per heavy atom. The Labute approximate surface area is 111 Å². The van der Waals surface area contributed by atoms with Gasteiger partial charge in [0.1, 0.15) is 0 Å². The summed E-state index contributed by atoms with van der Waals surface area (Å²) in [5.41, 5.74) is 6.41. The van der Waals surface area contributed by atoms with E-state index in [1.165, 1.54) is 0 Å². The van der Waals surface area contributed by atoms with E-state index in [0.29, 0.717) is 29.4 Å². The lowest BCUT2D eigenvalue weighted by Crippen LogP contribution is -2.45. The molecular weight excluding hydrogens is 254 g/mol. The molecule has 0 spiro atoms. The predicted molar refractivity (Wildman–Crippen MR) is 71.1 cm³/mol. The Kier molecular flexibility index (Phi) is 4.41. The molecule has 1 atom stereocenters. The van der Waals surface area contributed by atoms with Crippen LogP contribution in [0.15, 0.2) is 18.2 Å². The predicted octanol–water partition coefficient (Wildman–Crippen LogP) is 0.839. The van der Waals surface area contributed by atoms with Crippen LogP contribution in [0.1, 0.15) is 10.4 Å². The van der Waals surface area contributed by atoms with Crippen LogP contribution in [0.25, 0.3) is 0 Å². The fourth-order valence-corrected chi connectivity index (χ4v) is 2.03. The third-order valence-electron chi connectivity index (χ3n) is 2.78. The van der Waals surface area contributed by atoms with Gasteiger partial charge in [-0.2, -0.15) is 0 Å². The van der Waals surface area contributed by atoms with Gasteiger partial charge in [-0.15, -0.1) is 0 Å². The summed E-state index contributed by atoms with van der Waals surface area (Å²) in [6, 6.07) is 5.28. The molecule has 98 valence electrons. The summed E-state index contributed by atoms with van der Waals surface area (Å²) < 4.78 is 5.35. The highest BCUT2D eigenvalue weighted by Crippen LogP contribution is 2.20. The summed E-state index contributed by atoms with van der Waals surface area (Å²) in [6.07, 6.45) is 0. The van der Waals surface area contributed by atoms with Crippen LogP contribution in [-0.4, -0.2) is 38.3 Å². The average molecular weight is 270 g/mol. The van der Waals surface area contributed by atoms with Gasteiger partial charge in [0.2, 0.25) is 0 Å². The van der Waals surface area contributed by atoms with Gasteiger partial charge in [-0.25, -0.2) is 0 Å². The molecule has 1 heterocycles. The molecule has 1 aliphatic heterocycles. The molecule has 1 aromatic carbocycles. The molecule has 1 saturated heterocycles. The van der Waals surface area contributed by atoms with Crippen molar-refractivity contribution in [2.24, 2.45) is 5.73 Å². The van der Waals surface area contributed by atoms with Crippen molar-refractivity contribution in [3.8, 4) is 0 Å². The Morgan fingerprint density at radius 1 is 1.61 bits per heavy atom. The molecule has 2 rings (SSSR count). The summed E-state index contributed by atoms with van der Waals surface area (Å²) in [4.78, 5) is 11.3. The maximum absolute atomic E-state index is 11.3. The van der Waals surface area contributed by atoms with Gasteiger partial charge in [0.05, 0.1) is 18.8 Å². The van der Waals surface area contributed by atoms with Crippen LogP contribution in [0.5, 0.6) is 0 Å². The molecule has 1 amide bonds. The molecule has 6 heteroatoms. The molecular formula is C12H16ClN3O2. The fourth-order valence-electron chi connectivity index (χ4n) is 1.86. The number of halogens is 1. The van der Waals surface area contributed by atoms with Gasteiger partial charge in [-0.1, -0.05) is 11.6 Å². The summed E-state index contributed by atoms with van der Waals surface area (Å²) in [7, 11) is 0. The van der Waals surface area contributed by atoms with E-state index in [4.69, 9.17) is 22.1 Å². The lowest BCUT2D eigenvalue weighted by atomic mass is 10.1. The maximum Gasteiger partial charge on any atom is 0.250 e. The van der Waals surface area contributed by atoms with Gasteiger partial charge in [-0.05, 0) is 18.2 Å². The Bertz CT molecular complexity index is 433. The number of carbonyl (C=O) groups excluding carboxylic acids is 1. The van der Waals surface area contributed by atoms with Crippen molar-refractivity contribution in [2.75, 3.05) is 31.6 Å². The van der Waals surface area contributed by atoms with Crippen LogP contribution in [-0.2, 0) is 4.74 Å². The van der Waals surface area contributed by atoms with Crippen LogP contribution in [0.4, 0.5) is 5.69 Å². The van der Waals surface area contributed by atoms with E-state index >= 15 is 0 Å². The van der Waals surface area contributed by atoms with E-state index in [2.05, 4.69) is 10.6 Å². The van der Waals surface area contributed by atoms with Gasteiger partial charge >= 0.3 is 0 Å². The number of carbonyl (C=O) groups is 1. The lowest BCUT2D eigenvalue weighted by Gasteiger charge is -2.24. The lowest BCUT2D eigenvalue weighted by molar-refractivity contribution is 0.0806. The highest BCUT2D eigenvalue weighted by Gasteiger charge is 2.14. The van der Waals surface area contributed by atoms with E-state index < -0.39 is 5.91 Å². The molecule has 1 aliphatic rings. The number of nitrogens with one attached hydrogen (secondary N) is 2. The number of hydrogen-bond acceptors (Lipinski definition) is 4. The zero-order valence-electron chi connectivity index (χ0n) is 9.91. The van der Waals surface area contributed by atoms with E-state index in [0.717, 1.165) is 13.2 Å². The van der Waals surface area contributed by atoms with Crippen molar-refractivity contribution in [2.45, 2.75) is 6.04 Å². The monoisotopic (exact) mass is 269 g/mol. The molecule has 0 bridgehead atoms. The number of ether oxygens (including phenoxy) is 1. The number of nitrogens with two attached hydrogens (primary N) is 1. The zero-order chi connectivity index (χ0) is 13.0. The molecule has 5 nitrogen and oxygen atoms in total. The number of anilines is 1. The second kappa shape index (κ2) is 6.04. The third-order valence-corrected chi connectivity index (χ3v) is 3.02. The first kappa shape index (κ1) is 13.1. The molecule has 0 radical (unpaired) electrons. The minimum absolute atomic E-state index is 0.232. The number of benzene rings is 1. The van der Waals surface area contributed by atoms with E-state index in [-0.39, 0.29) is 6.04 Å². The second-order valence-electron chi connectivity index (χ2n) is 4.16. The SMILES string of the molecule is NC(=O)c1cc(Cl)ccc1NCC1COCCN1. The standard InChI is InChI=1S/C12H16ClN3O2/c13-8-1-2-11(10(5-8)12(14)17)16-6-9-7-18-4-3-15-9/h1-2,5,9,15-16H,3-4,6-7H2,(H2,14,17). The summed E-state index contributed by atoms with van der Waals surface area (Å²) in [6.45, 7) is 2.91. The van der Waals surface area contributed by atoms with Crippen molar-refractivity contribution < 1.29 is 9.53 Å². The minimum atomic E-state index is -0.493. The minimum Gasteiger partial charge on any atom is -0.383 e. The van der Waals surface area contributed by atoms with Crippen LogP contribution >= 0.6 is 11.6 Å². The fraction of sp³-hybridized carbons (Fsp3) is 0.417. The molecule has 1 aromatic rings. The molecule has 1 fully saturated rings. The number of rotatable bonds is 4. The van der Waals surface area contributed by atoms with Crippen molar-refractivity contribution in [3.05, 3.63) is 28.8 Å². The average Bonchev–Trinajstić information content (AvgIpc) is 2.38. The van der Waals surface area contributed by atoms with Crippen molar-refractivity contribution in [1.29, 1.82) is 0 Å². The van der Waals surface area contributed by atoms with Gasteiger partial charge in [0, 0.05) is 29.8 Å². The molecule has 0 saturated carbocycles. The number of morpholine rings is 1. The molecule has 4 N–H and O–H groups in total. The summed E-state index contributed by atoms with van der Waals surface area (Å²) >= 11 is 5.84. The van der Waals surface area contributed by atoms with Crippen LogP contribution in [0.2, 0.25) is 5.02 Å². The molecule has 18 heavy (non-hydrogen) atoms. The highest BCUT2D eigenvalue weighted by atomic mass is 35.5. The molecule has 0 aliphatic carbocycles. The number of hydrogen-bond donors (Lipinski definition) is 3. The summed E-state index contributed by atoms with van der Waals surface area (Å²) in [5.74, 6) is -0.493. The first-order valence-corrected chi connectivity index (χ1v) is 6.19. The van der Waals surface area contributed by atoms with Crippen molar-refractivity contribution in [1.82, 2.24) is 5.32 Å². The molecule has 1 unspecified atom stereocenters. The van der Waals surface area contributed by atoms with E-state index in [1.807, 2.05) is 0 Å². The Morgan fingerprint density at radius 2 is 2.44 bits per heavy atom. The zero-order valence-corrected chi connectivity index (χ0v) is 10.7.